The Hall–Kier alpha value is -2.94. The largest absolute Gasteiger partial charge is 0.391 e. The van der Waals surface area contributed by atoms with E-state index in [1.807, 2.05) is 29.6 Å². The molecule has 3 unspecified atom stereocenters. The minimum Gasteiger partial charge on any atom is -0.391 e. The van der Waals surface area contributed by atoms with Crippen LogP contribution in [0.2, 0.25) is 0 Å². The molecule has 164 valence electrons. The molecule has 2 N–H and O–H groups in total. The molecule has 0 amide bonds. The van der Waals surface area contributed by atoms with Crippen molar-refractivity contribution in [1.29, 1.82) is 0 Å². The summed E-state index contributed by atoms with van der Waals surface area (Å²) in [5.74, 6) is 1.73. The Balaban J connectivity index is 1.38. The monoisotopic (exact) mass is 423 g/mol. The SMILES string of the molecule is Cc1cc(NCC2CCCCN2c2ccc(=O)n(C3CCCC3O)n2)n2nccc2n1. The van der Waals surface area contributed by atoms with Crippen LogP contribution in [0, 0.1) is 6.92 Å². The smallest absolute Gasteiger partial charge is 0.267 e. The molecule has 0 aromatic carbocycles. The van der Waals surface area contributed by atoms with Crippen molar-refractivity contribution in [2.45, 2.75) is 63.6 Å². The maximum atomic E-state index is 12.5. The molecule has 4 heterocycles. The molecule has 3 aromatic rings. The summed E-state index contributed by atoms with van der Waals surface area (Å²) in [5.41, 5.74) is 1.63. The number of rotatable bonds is 5. The van der Waals surface area contributed by atoms with Crippen molar-refractivity contribution in [3.63, 3.8) is 0 Å². The predicted octanol–water partition coefficient (Wildman–Crippen LogP) is 2.15. The first-order valence-corrected chi connectivity index (χ1v) is 11.2. The quantitative estimate of drug-likeness (QED) is 0.648. The van der Waals surface area contributed by atoms with Crippen LogP contribution >= 0.6 is 0 Å². The normalized spacial score (nSPS) is 24.1. The number of anilines is 2. The third kappa shape index (κ3) is 3.89. The van der Waals surface area contributed by atoms with Crippen molar-refractivity contribution >= 4 is 17.3 Å². The van der Waals surface area contributed by atoms with Gasteiger partial charge in [-0.2, -0.15) is 14.7 Å². The standard InChI is InChI=1S/C22H29N7O2/c1-15-13-21(29-19(25-15)10-11-24-29)23-14-16-5-2-3-12-27(16)20-8-9-22(31)28(26-20)17-6-4-7-18(17)30/h8-11,13,16-18,23,30H,2-7,12,14H2,1H3. The fourth-order valence-corrected chi connectivity index (χ4v) is 4.91. The van der Waals surface area contributed by atoms with Gasteiger partial charge in [0.2, 0.25) is 0 Å². The van der Waals surface area contributed by atoms with Gasteiger partial charge in [-0.05, 0) is 51.5 Å². The minimum absolute atomic E-state index is 0.144. The summed E-state index contributed by atoms with van der Waals surface area (Å²) in [6, 6.07) is 7.34. The predicted molar refractivity (Wildman–Crippen MR) is 119 cm³/mol. The molecule has 1 saturated carbocycles. The van der Waals surface area contributed by atoms with Gasteiger partial charge >= 0.3 is 0 Å². The summed E-state index contributed by atoms with van der Waals surface area (Å²) in [6.07, 6.45) is 7.02. The molecular weight excluding hydrogens is 394 g/mol. The number of aliphatic hydroxyl groups is 1. The van der Waals surface area contributed by atoms with Gasteiger partial charge in [0.05, 0.1) is 18.3 Å². The van der Waals surface area contributed by atoms with Crippen LogP contribution in [0.15, 0.2) is 35.3 Å². The maximum absolute atomic E-state index is 12.5. The van der Waals surface area contributed by atoms with Gasteiger partial charge in [0.1, 0.15) is 11.6 Å². The number of piperidine rings is 1. The van der Waals surface area contributed by atoms with E-state index in [0.29, 0.717) is 0 Å². The van der Waals surface area contributed by atoms with Crippen molar-refractivity contribution in [3.05, 3.63) is 46.5 Å². The Labute approximate surface area is 180 Å². The van der Waals surface area contributed by atoms with Crippen molar-refractivity contribution < 1.29 is 5.11 Å². The number of fused-ring (bicyclic) bond motifs is 1. The minimum atomic E-state index is -0.495. The lowest BCUT2D eigenvalue weighted by atomic mass is 10.0. The fourth-order valence-electron chi connectivity index (χ4n) is 4.91. The molecule has 2 aliphatic rings. The number of hydrogen-bond acceptors (Lipinski definition) is 7. The second kappa shape index (κ2) is 8.30. The first-order valence-electron chi connectivity index (χ1n) is 11.2. The Bertz CT molecular complexity index is 1120. The van der Waals surface area contributed by atoms with E-state index in [1.54, 1.807) is 12.3 Å². The molecule has 5 rings (SSSR count). The van der Waals surface area contributed by atoms with Crippen molar-refractivity contribution in [2.75, 3.05) is 23.3 Å². The highest BCUT2D eigenvalue weighted by molar-refractivity contribution is 5.49. The average Bonchev–Trinajstić information content (AvgIpc) is 3.41. The molecule has 0 spiro atoms. The molecule has 3 aromatic heterocycles. The summed E-state index contributed by atoms with van der Waals surface area (Å²) in [7, 11) is 0. The second-order valence-corrected chi connectivity index (χ2v) is 8.65. The second-order valence-electron chi connectivity index (χ2n) is 8.65. The maximum Gasteiger partial charge on any atom is 0.267 e. The molecule has 1 saturated heterocycles. The summed E-state index contributed by atoms with van der Waals surface area (Å²) in [5, 5.41) is 22.9. The molecule has 3 atom stereocenters. The Kier molecular flexibility index (Phi) is 5.35. The third-order valence-corrected chi connectivity index (χ3v) is 6.50. The molecule has 9 nitrogen and oxygen atoms in total. The number of aromatic nitrogens is 5. The first-order chi connectivity index (χ1) is 15.1. The third-order valence-electron chi connectivity index (χ3n) is 6.50. The van der Waals surface area contributed by atoms with Crippen LogP contribution in [-0.4, -0.2) is 54.7 Å². The lowest BCUT2D eigenvalue weighted by Crippen LogP contribution is -2.45. The van der Waals surface area contributed by atoms with Gasteiger partial charge in [0, 0.05) is 43.0 Å². The molecular formula is C22H29N7O2. The summed E-state index contributed by atoms with van der Waals surface area (Å²) < 4.78 is 3.33. The van der Waals surface area contributed by atoms with Crippen LogP contribution < -0.4 is 15.8 Å². The van der Waals surface area contributed by atoms with Gasteiger partial charge in [0.15, 0.2) is 5.65 Å². The van der Waals surface area contributed by atoms with Crippen molar-refractivity contribution in [1.82, 2.24) is 24.4 Å². The van der Waals surface area contributed by atoms with Crippen molar-refractivity contribution in [3.8, 4) is 0 Å². The van der Waals surface area contributed by atoms with E-state index in [0.717, 1.165) is 74.6 Å². The Morgan fingerprint density at radius 1 is 1.16 bits per heavy atom. The van der Waals surface area contributed by atoms with E-state index in [2.05, 4.69) is 20.3 Å². The van der Waals surface area contributed by atoms with E-state index >= 15 is 0 Å². The molecule has 0 radical (unpaired) electrons. The van der Waals surface area contributed by atoms with Crippen LogP contribution in [0.4, 0.5) is 11.6 Å². The molecule has 9 heteroatoms. The zero-order chi connectivity index (χ0) is 21.4. The highest BCUT2D eigenvalue weighted by Gasteiger charge is 2.30. The van der Waals surface area contributed by atoms with Gasteiger partial charge in [-0.3, -0.25) is 4.79 Å². The van der Waals surface area contributed by atoms with E-state index in [4.69, 9.17) is 5.10 Å². The topological polar surface area (TPSA) is 101 Å². The molecule has 2 fully saturated rings. The van der Waals surface area contributed by atoms with Crippen LogP contribution in [-0.2, 0) is 0 Å². The zero-order valence-electron chi connectivity index (χ0n) is 17.8. The molecule has 0 bridgehead atoms. The summed E-state index contributed by atoms with van der Waals surface area (Å²) >= 11 is 0. The zero-order valence-corrected chi connectivity index (χ0v) is 17.8. The van der Waals surface area contributed by atoms with Gasteiger partial charge in [0.25, 0.3) is 5.56 Å². The highest BCUT2D eigenvalue weighted by Crippen LogP contribution is 2.29. The van der Waals surface area contributed by atoms with Crippen molar-refractivity contribution in [2.24, 2.45) is 0 Å². The lowest BCUT2D eigenvalue weighted by Gasteiger charge is -2.37. The Morgan fingerprint density at radius 2 is 2.06 bits per heavy atom. The number of hydrogen-bond donors (Lipinski definition) is 2. The lowest BCUT2D eigenvalue weighted by molar-refractivity contribution is 0.127. The van der Waals surface area contributed by atoms with Gasteiger partial charge in [-0.25, -0.2) is 9.67 Å². The number of aliphatic hydroxyl groups excluding tert-OH is 1. The van der Waals surface area contributed by atoms with Gasteiger partial charge in [-0.1, -0.05) is 0 Å². The van der Waals surface area contributed by atoms with Gasteiger partial charge < -0.3 is 15.3 Å². The summed E-state index contributed by atoms with van der Waals surface area (Å²) in [4.78, 5) is 19.2. The number of nitrogens with zero attached hydrogens (tertiary/aromatic N) is 6. The van der Waals surface area contributed by atoms with E-state index in [9.17, 15) is 9.90 Å². The fraction of sp³-hybridized carbons (Fsp3) is 0.545. The van der Waals surface area contributed by atoms with Gasteiger partial charge in [-0.15, -0.1) is 0 Å². The van der Waals surface area contributed by atoms with Crippen LogP contribution in [0.1, 0.15) is 50.3 Å². The van der Waals surface area contributed by atoms with E-state index in [1.165, 1.54) is 4.68 Å². The van der Waals surface area contributed by atoms with Crippen LogP contribution in [0.25, 0.3) is 5.65 Å². The van der Waals surface area contributed by atoms with E-state index in [-0.39, 0.29) is 17.6 Å². The summed E-state index contributed by atoms with van der Waals surface area (Å²) in [6.45, 7) is 3.62. The number of nitrogens with one attached hydrogen (secondary N) is 1. The average molecular weight is 424 g/mol. The number of aryl methyl sites for hydroxylation is 1. The molecule has 31 heavy (non-hydrogen) atoms. The highest BCUT2D eigenvalue weighted by atomic mass is 16.3. The Morgan fingerprint density at radius 3 is 2.90 bits per heavy atom. The van der Waals surface area contributed by atoms with Crippen LogP contribution in [0.3, 0.4) is 0 Å². The first kappa shape index (κ1) is 20.0. The van der Waals surface area contributed by atoms with Crippen LogP contribution in [0.5, 0.6) is 0 Å². The molecule has 1 aliphatic carbocycles. The molecule has 1 aliphatic heterocycles. The van der Waals surface area contributed by atoms with E-state index < -0.39 is 6.10 Å².